The number of pyridine rings is 1. The van der Waals surface area contributed by atoms with Gasteiger partial charge in [-0.2, -0.15) is 5.10 Å². The Balaban J connectivity index is 2.14. The second-order valence-electron chi connectivity index (χ2n) is 3.75. The Morgan fingerprint density at radius 1 is 1.56 bits per heavy atom. The van der Waals surface area contributed by atoms with Gasteiger partial charge in [0.05, 0.1) is 12.2 Å². The van der Waals surface area contributed by atoms with E-state index in [0.717, 1.165) is 5.69 Å². The van der Waals surface area contributed by atoms with Gasteiger partial charge in [-0.05, 0) is 35.0 Å². The highest BCUT2D eigenvalue weighted by Crippen LogP contribution is 2.12. The van der Waals surface area contributed by atoms with Gasteiger partial charge in [0.25, 0.3) is 11.5 Å². The van der Waals surface area contributed by atoms with Crippen LogP contribution in [0.1, 0.15) is 21.7 Å². The molecule has 0 aliphatic rings. The van der Waals surface area contributed by atoms with Crippen molar-refractivity contribution in [3.63, 3.8) is 0 Å². The highest BCUT2D eigenvalue weighted by molar-refractivity contribution is 9.10. The number of hydrogen-bond donors (Lipinski definition) is 3. The number of aromatic nitrogens is 3. The summed E-state index contributed by atoms with van der Waals surface area (Å²) in [6.45, 7) is 2.04. The van der Waals surface area contributed by atoms with Crippen LogP contribution in [0.2, 0.25) is 0 Å². The standard InChI is InChI=1S/C11H11BrN4O2/c1-6-9(12)4-8(11(18)15-6)10(17)13-5-7-2-3-14-16-7/h2-4H,5H2,1H3,(H,13,17)(H,14,16)(H,15,18). The maximum Gasteiger partial charge on any atom is 0.261 e. The van der Waals surface area contributed by atoms with Crippen molar-refractivity contribution >= 4 is 21.8 Å². The minimum absolute atomic E-state index is 0.0759. The van der Waals surface area contributed by atoms with Crippen molar-refractivity contribution in [3.8, 4) is 0 Å². The van der Waals surface area contributed by atoms with Crippen LogP contribution in [0.15, 0.2) is 27.6 Å². The molecule has 0 unspecified atom stereocenters. The smallest absolute Gasteiger partial charge is 0.261 e. The van der Waals surface area contributed by atoms with Crippen molar-refractivity contribution in [2.75, 3.05) is 0 Å². The molecule has 18 heavy (non-hydrogen) atoms. The Labute approximate surface area is 111 Å². The number of carbonyl (C=O) groups is 1. The highest BCUT2D eigenvalue weighted by atomic mass is 79.9. The Bertz CT molecular complexity index is 618. The van der Waals surface area contributed by atoms with Gasteiger partial charge < -0.3 is 10.3 Å². The van der Waals surface area contributed by atoms with Gasteiger partial charge in [0.1, 0.15) is 5.56 Å². The molecule has 0 radical (unpaired) electrons. The maximum atomic E-state index is 11.8. The van der Waals surface area contributed by atoms with E-state index in [1.54, 1.807) is 19.2 Å². The van der Waals surface area contributed by atoms with Crippen molar-refractivity contribution in [2.45, 2.75) is 13.5 Å². The summed E-state index contributed by atoms with van der Waals surface area (Å²) in [6, 6.07) is 3.26. The van der Waals surface area contributed by atoms with Crippen LogP contribution in [0.3, 0.4) is 0 Å². The van der Waals surface area contributed by atoms with Crippen molar-refractivity contribution in [3.05, 3.63) is 50.1 Å². The summed E-state index contributed by atoms with van der Waals surface area (Å²) in [6.07, 6.45) is 1.59. The molecular weight excluding hydrogens is 300 g/mol. The zero-order valence-electron chi connectivity index (χ0n) is 9.58. The second-order valence-corrected chi connectivity index (χ2v) is 4.60. The van der Waals surface area contributed by atoms with E-state index in [1.807, 2.05) is 0 Å². The lowest BCUT2D eigenvalue weighted by molar-refractivity contribution is 0.0949. The van der Waals surface area contributed by atoms with Crippen LogP contribution in [-0.4, -0.2) is 21.1 Å². The number of rotatable bonds is 3. The summed E-state index contributed by atoms with van der Waals surface area (Å²) in [5.41, 5.74) is 1.13. The Morgan fingerprint density at radius 2 is 2.33 bits per heavy atom. The lowest BCUT2D eigenvalue weighted by Gasteiger charge is -2.04. The van der Waals surface area contributed by atoms with Gasteiger partial charge in [-0.15, -0.1) is 0 Å². The van der Waals surface area contributed by atoms with Crippen LogP contribution in [0.4, 0.5) is 0 Å². The van der Waals surface area contributed by atoms with Gasteiger partial charge in [0.2, 0.25) is 0 Å². The molecule has 0 bridgehead atoms. The molecule has 0 spiro atoms. The first-order chi connectivity index (χ1) is 8.58. The molecule has 2 aromatic heterocycles. The summed E-state index contributed by atoms with van der Waals surface area (Å²) >= 11 is 3.27. The predicted molar refractivity (Wildman–Crippen MR) is 69.3 cm³/mol. The number of amides is 1. The molecule has 0 fully saturated rings. The molecule has 1 amide bonds. The van der Waals surface area contributed by atoms with Gasteiger partial charge in [-0.25, -0.2) is 0 Å². The van der Waals surface area contributed by atoms with Crippen LogP contribution in [-0.2, 0) is 6.54 Å². The molecule has 2 heterocycles. The lowest BCUT2D eigenvalue weighted by atomic mass is 10.2. The molecule has 2 aromatic rings. The molecular formula is C11H11BrN4O2. The Hall–Kier alpha value is -1.89. The quantitative estimate of drug-likeness (QED) is 0.793. The summed E-state index contributed by atoms with van der Waals surface area (Å²) in [5.74, 6) is -0.424. The largest absolute Gasteiger partial charge is 0.346 e. The average Bonchev–Trinajstić information content (AvgIpc) is 2.84. The van der Waals surface area contributed by atoms with Crippen LogP contribution in [0.5, 0.6) is 0 Å². The molecule has 94 valence electrons. The predicted octanol–water partition coefficient (Wildman–Crippen LogP) is 1.10. The number of hydrogen-bond acceptors (Lipinski definition) is 3. The van der Waals surface area contributed by atoms with E-state index in [1.165, 1.54) is 6.07 Å². The molecule has 0 saturated carbocycles. The minimum atomic E-state index is -0.424. The fourth-order valence-corrected chi connectivity index (χ4v) is 1.75. The van der Waals surface area contributed by atoms with Crippen molar-refractivity contribution < 1.29 is 4.79 Å². The molecule has 0 aliphatic carbocycles. The van der Waals surface area contributed by atoms with Gasteiger partial charge in [0.15, 0.2) is 0 Å². The molecule has 0 aromatic carbocycles. The zero-order valence-corrected chi connectivity index (χ0v) is 11.2. The maximum absolute atomic E-state index is 11.8. The molecule has 0 saturated heterocycles. The summed E-state index contributed by atoms with van der Waals surface area (Å²) in [7, 11) is 0. The van der Waals surface area contributed by atoms with Crippen LogP contribution in [0, 0.1) is 6.92 Å². The van der Waals surface area contributed by atoms with E-state index >= 15 is 0 Å². The second kappa shape index (κ2) is 5.18. The first-order valence-corrected chi connectivity index (χ1v) is 6.03. The van der Waals surface area contributed by atoms with E-state index in [4.69, 9.17) is 0 Å². The lowest BCUT2D eigenvalue weighted by Crippen LogP contribution is -2.29. The van der Waals surface area contributed by atoms with Crippen molar-refractivity contribution in [1.82, 2.24) is 20.5 Å². The molecule has 0 atom stereocenters. The van der Waals surface area contributed by atoms with Crippen LogP contribution < -0.4 is 10.9 Å². The number of aromatic amines is 2. The first kappa shape index (κ1) is 12.6. The summed E-state index contributed by atoms with van der Waals surface area (Å²) in [4.78, 5) is 26.1. The normalized spacial score (nSPS) is 10.3. The first-order valence-electron chi connectivity index (χ1n) is 5.24. The summed E-state index contributed by atoms with van der Waals surface area (Å²) in [5, 5.41) is 9.12. The van der Waals surface area contributed by atoms with Gasteiger partial charge in [-0.3, -0.25) is 14.7 Å². The average molecular weight is 311 g/mol. The Kier molecular flexibility index (Phi) is 3.61. The van der Waals surface area contributed by atoms with E-state index in [0.29, 0.717) is 16.7 Å². The third-order valence-electron chi connectivity index (χ3n) is 2.42. The van der Waals surface area contributed by atoms with Crippen molar-refractivity contribution in [2.24, 2.45) is 0 Å². The van der Waals surface area contributed by atoms with Crippen LogP contribution >= 0.6 is 15.9 Å². The number of halogens is 1. The van der Waals surface area contributed by atoms with Gasteiger partial charge >= 0.3 is 0 Å². The van der Waals surface area contributed by atoms with E-state index < -0.39 is 11.5 Å². The third-order valence-corrected chi connectivity index (χ3v) is 3.24. The molecule has 6 nitrogen and oxygen atoms in total. The van der Waals surface area contributed by atoms with Gasteiger partial charge in [-0.1, -0.05) is 0 Å². The zero-order chi connectivity index (χ0) is 13.1. The fourth-order valence-electron chi connectivity index (χ4n) is 1.42. The Morgan fingerprint density at radius 3 is 3.00 bits per heavy atom. The highest BCUT2D eigenvalue weighted by Gasteiger charge is 2.12. The van der Waals surface area contributed by atoms with Crippen LogP contribution in [0.25, 0.3) is 0 Å². The van der Waals surface area contributed by atoms with E-state index in [-0.39, 0.29) is 5.56 Å². The van der Waals surface area contributed by atoms with E-state index in [2.05, 4.69) is 36.4 Å². The van der Waals surface area contributed by atoms with Gasteiger partial charge in [0, 0.05) is 16.4 Å². The third kappa shape index (κ3) is 2.67. The van der Waals surface area contributed by atoms with Crippen molar-refractivity contribution in [1.29, 1.82) is 0 Å². The molecule has 7 heteroatoms. The minimum Gasteiger partial charge on any atom is -0.346 e. The number of H-pyrrole nitrogens is 2. The SMILES string of the molecule is Cc1[nH]c(=O)c(C(=O)NCc2ccn[nH]2)cc1Br. The monoisotopic (exact) mass is 310 g/mol. The number of nitrogens with one attached hydrogen (secondary N) is 3. The number of carbonyl (C=O) groups excluding carboxylic acids is 1. The number of nitrogens with zero attached hydrogens (tertiary/aromatic N) is 1. The molecule has 3 N–H and O–H groups in total. The topological polar surface area (TPSA) is 90.6 Å². The molecule has 2 rings (SSSR count). The van der Waals surface area contributed by atoms with E-state index in [9.17, 15) is 9.59 Å². The summed E-state index contributed by atoms with van der Waals surface area (Å²) < 4.78 is 0.689. The molecule has 0 aliphatic heterocycles. The number of aryl methyl sites for hydroxylation is 1. The fraction of sp³-hybridized carbons (Fsp3) is 0.182.